The van der Waals surface area contributed by atoms with Crippen LogP contribution < -0.4 is 5.32 Å². The first-order valence-electron chi connectivity index (χ1n) is 5.49. The van der Waals surface area contributed by atoms with Crippen LogP contribution in [0.2, 0.25) is 0 Å². The molecule has 1 unspecified atom stereocenters. The third-order valence-corrected chi connectivity index (χ3v) is 3.12. The number of nitrogens with zero attached hydrogens (tertiary/aromatic N) is 2. The van der Waals surface area contributed by atoms with Crippen LogP contribution in [-0.2, 0) is 0 Å². The highest BCUT2D eigenvalue weighted by molar-refractivity contribution is 5.50. The SMILES string of the molecule is Cc1ccn2nc(C3CCNC3)cc2c1. The summed E-state index contributed by atoms with van der Waals surface area (Å²) in [5, 5.41) is 7.99. The fourth-order valence-electron chi connectivity index (χ4n) is 2.23. The summed E-state index contributed by atoms with van der Waals surface area (Å²) in [6.45, 7) is 4.31. The lowest BCUT2D eigenvalue weighted by atomic mass is 10.1. The lowest BCUT2D eigenvalue weighted by Gasteiger charge is -2.01. The normalized spacial score (nSPS) is 21.3. The van der Waals surface area contributed by atoms with Crippen LogP contribution in [0.25, 0.3) is 5.52 Å². The van der Waals surface area contributed by atoms with E-state index in [-0.39, 0.29) is 0 Å². The van der Waals surface area contributed by atoms with Gasteiger partial charge in [0, 0.05) is 18.7 Å². The molecule has 3 nitrogen and oxygen atoms in total. The van der Waals surface area contributed by atoms with Gasteiger partial charge in [0.25, 0.3) is 0 Å². The van der Waals surface area contributed by atoms with Crippen molar-refractivity contribution >= 4 is 5.52 Å². The minimum atomic E-state index is 0.602. The lowest BCUT2D eigenvalue weighted by molar-refractivity contribution is 0.718. The lowest BCUT2D eigenvalue weighted by Crippen LogP contribution is -2.08. The van der Waals surface area contributed by atoms with E-state index in [4.69, 9.17) is 0 Å². The molecule has 1 atom stereocenters. The van der Waals surface area contributed by atoms with Crippen LogP contribution >= 0.6 is 0 Å². The Morgan fingerprint density at radius 1 is 1.47 bits per heavy atom. The number of pyridine rings is 1. The fourth-order valence-corrected chi connectivity index (χ4v) is 2.23. The number of hydrogen-bond acceptors (Lipinski definition) is 2. The van der Waals surface area contributed by atoms with E-state index in [1.807, 2.05) is 10.7 Å². The Balaban J connectivity index is 2.05. The predicted octanol–water partition coefficient (Wildman–Crippen LogP) is 1.72. The van der Waals surface area contributed by atoms with Crippen molar-refractivity contribution < 1.29 is 0 Å². The molecule has 78 valence electrons. The second-order valence-corrected chi connectivity index (χ2v) is 4.33. The van der Waals surface area contributed by atoms with Crippen molar-refractivity contribution in [2.75, 3.05) is 13.1 Å². The Morgan fingerprint density at radius 2 is 2.40 bits per heavy atom. The number of hydrogen-bond donors (Lipinski definition) is 1. The average molecular weight is 201 g/mol. The zero-order valence-electron chi connectivity index (χ0n) is 8.90. The predicted molar refractivity (Wildman–Crippen MR) is 60.2 cm³/mol. The van der Waals surface area contributed by atoms with Gasteiger partial charge >= 0.3 is 0 Å². The van der Waals surface area contributed by atoms with E-state index in [0.717, 1.165) is 13.1 Å². The van der Waals surface area contributed by atoms with Gasteiger partial charge in [-0.1, -0.05) is 0 Å². The van der Waals surface area contributed by atoms with Crippen molar-refractivity contribution in [1.29, 1.82) is 0 Å². The number of aryl methyl sites for hydroxylation is 1. The highest BCUT2D eigenvalue weighted by atomic mass is 15.2. The van der Waals surface area contributed by atoms with Crippen molar-refractivity contribution in [1.82, 2.24) is 14.9 Å². The van der Waals surface area contributed by atoms with Gasteiger partial charge in [0.1, 0.15) is 0 Å². The van der Waals surface area contributed by atoms with E-state index in [0.29, 0.717) is 5.92 Å². The molecule has 1 saturated heterocycles. The quantitative estimate of drug-likeness (QED) is 0.761. The smallest absolute Gasteiger partial charge is 0.0679 e. The van der Waals surface area contributed by atoms with Gasteiger partial charge in [0.2, 0.25) is 0 Å². The Labute approximate surface area is 89.1 Å². The van der Waals surface area contributed by atoms with E-state index in [2.05, 4.69) is 35.5 Å². The summed E-state index contributed by atoms with van der Waals surface area (Å²) in [4.78, 5) is 0. The van der Waals surface area contributed by atoms with E-state index in [1.165, 1.54) is 23.2 Å². The van der Waals surface area contributed by atoms with Crippen LogP contribution in [0.3, 0.4) is 0 Å². The number of fused-ring (bicyclic) bond motifs is 1. The van der Waals surface area contributed by atoms with Crippen LogP contribution in [0.4, 0.5) is 0 Å². The Morgan fingerprint density at radius 3 is 3.20 bits per heavy atom. The van der Waals surface area contributed by atoms with E-state index < -0.39 is 0 Å². The molecule has 0 saturated carbocycles. The van der Waals surface area contributed by atoms with Gasteiger partial charge in [-0.3, -0.25) is 0 Å². The van der Waals surface area contributed by atoms with Crippen molar-refractivity contribution in [2.45, 2.75) is 19.3 Å². The molecule has 0 spiro atoms. The molecule has 1 fully saturated rings. The maximum Gasteiger partial charge on any atom is 0.0679 e. The summed E-state index contributed by atoms with van der Waals surface area (Å²) >= 11 is 0. The molecule has 0 amide bonds. The zero-order chi connectivity index (χ0) is 10.3. The second-order valence-electron chi connectivity index (χ2n) is 4.33. The van der Waals surface area contributed by atoms with E-state index in [1.54, 1.807) is 0 Å². The summed E-state index contributed by atoms with van der Waals surface area (Å²) in [5.41, 5.74) is 3.72. The minimum Gasteiger partial charge on any atom is -0.316 e. The molecule has 1 aliphatic rings. The summed E-state index contributed by atoms with van der Waals surface area (Å²) < 4.78 is 1.97. The average Bonchev–Trinajstić information content (AvgIpc) is 2.84. The molecular formula is C12H15N3. The van der Waals surface area contributed by atoms with Crippen LogP contribution in [0.15, 0.2) is 24.4 Å². The van der Waals surface area contributed by atoms with Crippen molar-refractivity contribution in [3.05, 3.63) is 35.7 Å². The van der Waals surface area contributed by atoms with Gasteiger partial charge in [-0.25, -0.2) is 4.52 Å². The molecule has 1 aliphatic heterocycles. The molecule has 0 aliphatic carbocycles. The minimum absolute atomic E-state index is 0.602. The number of aromatic nitrogens is 2. The maximum atomic E-state index is 4.61. The third kappa shape index (κ3) is 1.53. The standard InChI is InChI=1S/C12H15N3/c1-9-3-5-15-11(6-9)7-12(14-15)10-2-4-13-8-10/h3,5-7,10,13H,2,4,8H2,1H3. The van der Waals surface area contributed by atoms with Gasteiger partial charge in [0.05, 0.1) is 11.2 Å². The van der Waals surface area contributed by atoms with Crippen LogP contribution in [-0.4, -0.2) is 22.7 Å². The first kappa shape index (κ1) is 8.92. The van der Waals surface area contributed by atoms with Gasteiger partial charge in [-0.05, 0) is 43.7 Å². The molecule has 3 heterocycles. The largest absolute Gasteiger partial charge is 0.316 e. The molecule has 0 bridgehead atoms. The molecule has 3 heteroatoms. The van der Waals surface area contributed by atoms with Gasteiger partial charge in [0.15, 0.2) is 0 Å². The Kier molecular flexibility index (Phi) is 1.99. The molecule has 2 aromatic heterocycles. The molecule has 0 radical (unpaired) electrons. The first-order chi connectivity index (χ1) is 7.33. The molecule has 3 rings (SSSR count). The summed E-state index contributed by atoms with van der Waals surface area (Å²) in [6, 6.07) is 6.49. The van der Waals surface area contributed by atoms with E-state index >= 15 is 0 Å². The zero-order valence-corrected chi connectivity index (χ0v) is 8.90. The van der Waals surface area contributed by atoms with Gasteiger partial charge < -0.3 is 5.32 Å². The van der Waals surface area contributed by atoms with Crippen LogP contribution in [0, 0.1) is 6.92 Å². The monoisotopic (exact) mass is 201 g/mol. The summed E-state index contributed by atoms with van der Waals surface area (Å²) in [5.74, 6) is 0.602. The fraction of sp³-hybridized carbons (Fsp3) is 0.417. The molecule has 15 heavy (non-hydrogen) atoms. The van der Waals surface area contributed by atoms with Crippen molar-refractivity contribution in [3.63, 3.8) is 0 Å². The topological polar surface area (TPSA) is 29.3 Å². The van der Waals surface area contributed by atoms with Crippen molar-refractivity contribution in [2.24, 2.45) is 0 Å². The number of nitrogens with one attached hydrogen (secondary N) is 1. The highest BCUT2D eigenvalue weighted by Crippen LogP contribution is 2.22. The molecular weight excluding hydrogens is 186 g/mol. The van der Waals surface area contributed by atoms with Crippen LogP contribution in [0.5, 0.6) is 0 Å². The Bertz CT molecular complexity index is 481. The highest BCUT2D eigenvalue weighted by Gasteiger charge is 2.19. The van der Waals surface area contributed by atoms with Crippen LogP contribution in [0.1, 0.15) is 23.6 Å². The Hall–Kier alpha value is -1.35. The summed E-state index contributed by atoms with van der Waals surface area (Å²) in [7, 11) is 0. The van der Waals surface area contributed by atoms with Crippen molar-refractivity contribution in [3.8, 4) is 0 Å². The third-order valence-electron chi connectivity index (χ3n) is 3.12. The number of rotatable bonds is 1. The first-order valence-corrected chi connectivity index (χ1v) is 5.49. The van der Waals surface area contributed by atoms with E-state index in [9.17, 15) is 0 Å². The molecule has 1 N–H and O–H groups in total. The maximum absolute atomic E-state index is 4.61. The molecule has 0 aromatic carbocycles. The van der Waals surface area contributed by atoms with Gasteiger partial charge in [-0.2, -0.15) is 5.10 Å². The van der Waals surface area contributed by atoms with Gasteiger partial charge in [-0.15, -0.1) is 0 Å². The summed E-state index contributed by atoms with van der Waals surface area (Å²) in [6.07, 6.45) is 3.25. The molecule has 2 aromatic rings. The second kappa shape index (κ2) is 3.35.